The number of halogens is 2. The van der Waals surface area contributed by atoms with E-state index in [4.69, 9.17) is 14.2 Å². The Morgan fingerprint density at radius 1 is 1.03 bits per heavy atom. The predicted octanol–water partition coefficient (Wildman–Crippen LogP) is 3.77. The fourth-order valence-corrected chi connectivity index (χ4v) is 2.84. The van der Waals surface area contributed by atoms with Gasteiger partial charge in [0.1, 0.15) is 5.75 Å². The van der Waals surface area contributed by atoms with Crippen molar-refractivity contribution in [2.24, 2.45) is 0 Å². The van der Waals surface area contributed by atoms with E-state index in [2.05, 4.69) is 10.1 Å². The van der Waals surface area contributed by atoms with Crippen LogP contribution in [0, 0.1) is 0 Å². The quantitative estimate of drug-likeness (QED) is 0.592. The molecule has 7 nitrogen and oxygen atoms in total. The number of methoxy groups -OCH3 is 3. The van der Waals surface area contributed by atoms with Crippen LogP contribution in [0.5, 0.6) is 23.0 Å². The summed E-state index contributed by atoms with van der Waals surface area (Å²) in [7, 11) is 6.39. The summed E-state index contributed by atoms with van der Waals surface area (Å²) in [4.78, 5) is 14.3. The number of nitrogens with one attached hydrogen (secondary N) is 1. The molecule has 0 saturated carbocycles. The fraction of sp³-hybridized carbons (Fsp3) is 0.381. The molecule has 2 aromatic rings. The second-order valence-electron chi connectivity index (χ2n) is 6.47. The number of benzene rings is 2. The topological polar surface area (TPSA) is 69.3 Å². The highest BCUT2D eigenvalue weighted by Crippen LogP contribution is 2.39. The van der Waals surface area contributed by atoms with Crippen LogP contribution in [0.3, 0.4) is 0 Å². The third-order valence-electron chi connectivity index (χ3n) is 4.27. The number of nitrogens with zero attached hydrogens (tertiary/aromatic N) is 1. The van der Waals surface area contributed by atoms with Gasteiger partial charge in [0.25, 0.3) is 0 Å². The maximum absolute atomic E-state index is 12.3. The van der Waals surface area contributed by atoms with Crippen LogP contribution in [0.25, 0.3) is 0 Å². The molecular weight excluding hydrogens is 398 g/mol. The molecular formula is C21H26F2N2O5. The summed E-state index contributed by atoms with van der Waals surface area (Å²) in [5.74, 6) is 1.28. The number of ether oxygens (including phenoxy) is 4. The predicted molar refractivity (Wildman–Crippen MR) is 109 cm³/mol. The monoisotopic (exact) mass is 424 g/mol. The van der Waals surface area contributed by atoms with Crippen molar-refractivity contribution >= 4 is 11.6 Å². The van der Waals surface area contributed by atoms with Gasteiger partial charge in [-0.1, -0.05) is 12.1 Å². The first kappa shape index (κ1) is 23.2. The van der Waals surface area contributed by atoms with Crippen LogP contribution < -0.4 is 24.3 Å². The van der Waals surface area contributed by atoms with Gasteiger partial charge in [-0.3, -0.25) is 4.79 Å². The minimum absolute atomic E-state index is 0.112. The van der Waals surface area contributed by atoms with Crippen LogP contribution in [0.1, 0.15) is 12.0 Å². The molecule has 0 aliphatic heterocycles. The molecule has 0 radical (unpaired) electrons. The maximum atomic E-state index is 12.3. The zero-order valence-electron chi connectivity index (χ0n) is 17.4. The maximum Gasteiger partial charge on any atom is 0.387 e. The minimum Gasteiger partial charge on any atom is -0.493 e. The smallest absolute Gasteiger partial charge is 0.387 e. The lowest BCUT2D eigenvalue weighted by Crippen LogP contribution is -2.24. The average Bonchev–Trinajstić information content (AvgIpc) is 2.72. The number of anilines is 1. The molecule has 0 unspecified atom stereocenters. The van der Waals surface area contributed by atoms with Crippen molar-refractivity contribution in [3.63, 3.8) is 0 Å². The first-order chi connectivity index (χ1) is 14.4. The molecule has 0 aromatic heterocycles. The van der Waals surface area contributed by atoms with Crippen molar-refractivity contribution in [1.29, 1.82) is 0 Å². The van der Waals surface area contributed by atoms with Crippen molar-refractivity contribution in [2.75, 3.05) is 40.2 Å². The summed E-state index contributed by atoms with van der Waals surface area (Å²) in [6.45, 7) is -1.78. The van der Waals surface area contributed by atoms with Gasteiger partial charge in [0.15, 0.2) is 11.5 Å². The van der Waals surface area contributed by atoms with Crippen molar-refractivity contribution in [3.05, 3.63) is 42.0 Å². The number of alkyl halides is 2. The molecule has 164 valence electrons. The van der Waals surface area contributed by atoms with E-state index in [1.165, 1.54) is 33.5 Å². The summed E-state index contributed by atoms with van der Waals surface area (Å²) < 4.78 is 44.6. The van der Waals surface area contributed by atoms with Crippen molar-refractivity contribution in [2.45, 2.75) is 19.6 Å². The van der Waals surface area contributed by atoms with Gasteiger partial charge in [0.2, 0.25) is 11.7 Å². The molecule has 0 fully saturated rings. The zero-order chi connectivity index (χ0) is 22.1. The molecule has 0 spiro atoms. The van der Waals surface area contributed by atoms with Crippen molar-refractivity contribution in [1.82, 2.24) is 4.90 Å². The van der Waals surface area contributed by atoms with E-state index in [0.717, 1.165) is 5.56 Å². The molecule has 0 bridgehead atoms. The Bertz CT molecular complexity index is 806. The van der Waals surface area contributed by atoms with Gasteiger partial charge in [-0.15, -0.1) is 0 Å². The Morgan fingerprint density at radius 3 is 2.13 bits per heavy atom. The molecule has 1 amide bonds. The molecule has 0 aliphatic rings. The summed E-state index contributed by atoms with van der Waals surface area (Å²) in [6.07, 6.45) is 0.264. The highest BCUT2D eigenvalue weighted by Gasteiger charge is 2.15. The van der Waals surface area contributed by atoms with E-state index in [1.54, 1.807) is 24.3 Å². The number of hydrogen-bond donors (Lipinski definition) is 1. The first-order valence-corrected chi connectivity index (χ1v) is 9.18. The molecule has 0 saturated heterocycles. The van der Waals surface area contributed by atoms with Crippen LogP contribution >= 0.6 is 0 Å². The molecule has 2 rings (SSSR count). The molecule has 30 heavy (non-hydrogen) atoms. The van der Waals surface area contributed by atoms with E-state index in [0.29, 0.717) is 36.0 Å². The summed E-state index contributed by atoms with van der Waals surface area (Å²) >= 11 is 0. The van der Waals surface area contributed by atoms with Crippen LogP contribution in [-0.2, 0) is 11.3 Å². The number of carbonyl (C=O) groups excluding carboxylic acids is 1. The summed E-state index contributed by atoms with van der Waals surface area (Å²) in [5, 5.41) is 2.82. The normalized spacial score (nSPS) is 10.8. The molecule has 0 heterocycles. The Morgan fingerprint density at radius 2 is 1.63 bits per heavy atom. The second-order valence-corrected chi connectivity index (χ2v) is 6.47. The lowest BCUT2D eigenvalue weighted by atomic mass is 10.2. The van der Waals surface area contributed by atoms with Gasteiger partial charge in [0, 0.05) is 37.3 Å². The van der Waals surface area contributed by atoms with Gasteiger partial charge in [-0.25, -0.2) is 0 Å². The Balaban J connectivity index is 1.88. The van der Waals surface area contributed by atoms with Gasteiger partial charge < -0.3 is 29.2 Å². The standard InChI is InChI=1S/C21H26F2N2O5/c1-25(13-14-5-7-16(8-6-14)30-21(22)23)10-9-19(26)24-15-11-17(27-2)20(29-4)18(12-15)28-3/h5-8,11-12,21H,9-10,13H2,1-4H3,(H,24,26). The highest BCUT2D eigenvalue weighted by molar-refractivity contribution is 5.91. The SMILES string of the molecule is COc1cc(NC(=O)CCN(C)Cc2ccc(OC(F)F)cc2)cc(OC)c1OC. The van der Waals surface area contributed by atoms with E-state index in [9.17, 15) is 13.6 Å². The Labute approximate surface area is 174 Å². The van der Waals surface area contributed by atoms with Gasteiger partial charge in [0.05, 0.1) is 21.3 Å². The Hall–Kier alpha value is -3.07. The van der Waals surface area contributed by atoms with Gasteiger partial charge in [-0.05, 0) is 24.7 Å². The number of hydrogen-bond acceptors (Lipinski definition) is 6. The van der Waals surface area contributed by atoms with E-state index >= 15 is 0 Å². The Kier molecular flexibility index (Phi) is 8.67. The van der Waals surface area contributed by atoms with Crippen LogP contribution in [0.4, 0.5) is 14.5 Å². The fourth-order valence-electron chi connectivity index (χ4n) is 2.84. The van der Waals surface area contributed by atoms with Gasteiger partial charge in [-0.2, -0.15) is 8.78 Å². The third-order valence-corrected chi connectivity index (χ3v) is 4.27. The zero-order valence-corrected chi connectivity index (χ0v) is 17.4. The number of amides is 1. The van der Waals surface area contributed by atoms with Crippen LogP contribution in [0.15, 0.2) is 36.4 Å². The van der Waals surface area contributed by atoms with E-state index in [1.807, 2.05) is 11.9 Å². The molecule has 9 heteroatoms. The highest BCUT2D eigenvalue weighted by atomic mass is 19.3. The van der Waals surface area contributed by atoms with Gasteiger partial charge >= 0.3 is 6.61 Å². The molecule has 1 N–H and O–H groups in total. The van der Waals surface area contributed by atoms with E-state index in [-0.39, 0.29) is 18.1 Å². The minimum atomic E-state index is -2.84. The van der Waals surface area contributed by atoms with Crippen molar-refractivity contribution in [3.8, 4) is 23.0 Å². The third kappa shape index (κ3) is 6.77. The van der Waals surface area contributed by atoms with Crippen LogP contribution in [0.2, 0.25) is 0 Å². The van der Waals surface area contributed by atoms with E-state index < -0.39 is 6.61 Å². The molecule has 0 aliphatic carbocycles. The first-order valence-electron chi connectivity index (χ1n) is 9.18. The molecule has 0 atom stereocenters. The largest absolute Gasteiger partial charge is 0.493 e. The number of carbonyl (C=O) groups is 1. The molecule has 2 aromatic carbocycles. The lowest BCUT2D eigenvalue weighted by molar-refractivity contribution is -0.116. The lowest BCUT2D eigenvalue weighted by Gasteiger charge is -2.17. The van der Waals surface area contributed by atoms with Crippen LogP contribution in [-0.4, -0.2) is 52.3 Å². The summed E-state index contributed by atoms with van der Waals surface area (Å²) in [5.41, 5.74) is 1.45. The summed E-state index contributed by atoms with van der Waals surface area (Å²) in [6, 6.07) is 9.73. The second kappa shape index (κ2) is 11.2. The van der Waals surface area contributed by atoms with Crippen molar-refractivity contribution < 1.29 is 32.5 Å². The number of rotatable bonds is 11. The average molecular weight is 424 g/mol.